The minimum absolute atomic E-state index is 0.949. The summed E-state index contributed by atoms with van der Waals surface area (Å²) in [5.41, 5.74) is 4.85. The average Bonchev–Trinajstić information content (AvgIpc) is 2.82. The molecule has 1 N–H and O–H groups in total. The zero-order chi connectivity index (χ0) is 15.3. The average molecular weight is 327 g/mol. The summed E-state index contributed by atoms with van der Waals surface area (Å²) in [5.74, 6) is 0. The van der Waals surface area contributed by atoms with Crippen LogP contribution in [0.25, 0.3) is 10.2 Å². The minimum Gasteiger partial charge on any atom is -0.184 e. The maximum absolute atomic E-state index is 8.60. The molecule has 0 radical (unpaired) electrons. The molecule has 1 aromatic heterocycles. The van der Waals surface area contributed by atoms with E-state index in [0.717, 1.165) is 6.54 Å². The number of halogens is 1. The van der Waals surface area contributed by atoms with Crippen molar-refractivity contribution in [3.8, 4) is 0 Å². The van der Waals surface area contributed by atoms with Crippen LogP contribution in [-0.2, 0) is 6.54 Å². The number of benzene rings is 2. The highest BCUT2D eigenvalue weighted by atomic mass is 35.7. The first-order chi connectivity index (χ1) is 9.93. The molecule has 0 aliphatic carbocycles. The molecule has 2 aromatic carbocycles. The van der Waals surface area contributed by atoms with Crippen LogP contribution in [0.1, 0.15) is 5.56 Å². The summed E-state index contributed by atoms with van der Waals surface area (Å²) in [6, 6.07) is 19.1. The highest BCUT2D eigenvalue weighted by Crippen LogP contribution is 2.15. The molecule has 1 heterocycles. The number of rotatable bonds is 2. The van der Waals surface area contributed by atoms with Crippen molar-refractivity contribution in [1.29, 1.82) is 0 Å². The first-order valence-electron chi connectivity index (χ1n) is 5.96. The van der Waals surface area contributed by atoms with Crippen LogP contribution >= 0.6 is 11.3 Å². The van der Waals surface area contributed by atoms with E-state index < -0.39 is 10.2 Å². The fourth-order valence-electron chi connectivity index (χ4n) is 1.87. The highest BCUT2D eigenvalue weighted by Gasteiger charge is 2.10. The van der Waals surface area contributed by atoms with E-state index in [1.807, 2.05) is 0 Å². The third kappa shape index (κ3) is 5.39. The normalized spacial score (nSPS) is 11.0. The molecule has 0 amide bonds. The van der Waals surface area contributed by atoms with Gasteiger partial charge in [0.1, 0.15) is 4.70 Å². The molecule has 7 heteroatoms. The number of hydrogen-bond donors (Lipinski definition) is 1. The van der Waals surface area contributed by atoms with Crippen molar-refractivity contribution in [1.82, 2.24) is 0 Å². The molecular weight excluding hydrogens is 314 g/mol. The fraction of sp³-hybridized carbons (Fsp3) is 0.0714. The maximum atomic E-state index is 8.60. The molecule has 0 saturated heterocycles. The molecule has 0 unspecified atom stereocenters. The largest absolute Gasteiger partial charge is 0.226 e. The van der Waals surface area contributed by atoms with Gasteiger partial charge in [0.15, 0.2) is 6.54 Å². The predicted octanol–water partition coefficient (Wildman–Crippen LogP) is -0.887. The van der Waals surface area contributed by atoms with Crippen LogP contribution in [0.3, 0.4) is 0 Å². The molecule has 5 nitrogen and oxygen atoms in total. The number of thiazole rings is 1. The lowest BCUT2D eigenvalue weighted by atomic mass is 10.2. The lowest BCUT2D eigenvalue weighted by Gasteiger charge is -2.03. The van der Waals surface area contributed by atoms with Gasteiger partial charge < -0.3 is 0 Å². The molecule has 0 aliphatic rings. The summed E-state index contributed by atoms with van der Waals surface area (Å²) >= 11 is 1.80. The number of para-hydroxylation sites is 1. The molecule has 0 fully saturated rings. The Bertz CT molecular complexity index is 691. The van der Waals surface area contributed by atoms with E-state index in [-0.39, 0.29) is 0 Å². The molecular formula is C14H13ClNO4S+. The summed E-state index contributed by atoms with van der Waals surface area (Å²) in [4.78, 5) is 0. The lowest BCUT2D eigenvalue weighted by Crippen LogP contribution is -2.58. The second kappa shape index (κ2) is 6.95. The van der Waals surface area contributed by atoms with E-state index in [1.165, 1.54) is 15.8 Å². The second-order valence-corrected chi connectivity index (χ2v) is 5.88. The topological polar surface area (TPSA) is 93.3 Å². The molecule has 0 spiro atoms. The van der Waals surface area contributed by atoms with Crippen LogP contribution in [0.4, 0.5) is 0 Å². The highest BCUT2D eigenvalue weighted by molar-refractivity contribution is 7.16. The van der Waals surface area contributed by atoms with Gasteiger partial charge in [-0.1, -0.05) is 53.8 Å². The van der Waals surface area contributed by atoms with E-state index in [1.54, 1.807) is 11.3 Å². The van der Waals surface area contributed by atoms with Crippen molar-refractivity contribution in [2.75, 3.05) is 0 Å². The first kappa shape index (κ1) is 15.8. The zero-order valence-corrected chi connectivity index (χ0v) is 12.5. The van der Waals surface area contributed by atoms with Crippen LogP contribution in [0.5, 0.6) is 0 Å². The summed E-state index contributed by atoms with van der Waals surface area (Å²) in [7, 11) is -4.69. The number of hydrogen-bond acceptors (Lipinski definition) is 5. The second-order valence-electron chi connectivity index (χ2n) is 4.20. The predicted molar refractivity (Wildman–Crippen MR) is 69.8 cm³/mol. The molecule has 21 heavy (non-hydrogen) atoms. The molecule has 0 atom stereocenters. The van der Waals surface area contributed by atoms with E-state index >= 15 is 0 Å². The number of nitrogens with zero attached hydrogens (tertiary/aromatic N) is 1. The van der Waals surface area contributed by atoms with Gasteiger partial charge in [0.2, 0.25) is 11.0 Å². The Morgan fingerprint density at radius 3 is 2.19 bits per heavy atom. The van der Waals surface area contributed by atoms with Gasteiger partial charge in [-0.2, -0.15) is 18.5 Å². The third-order valence-corrected chi connectivity index (χ3v) is 3.64. The molecule has 0 saturated carbocycles. The third-order valence-electron chi connectivity index (χ3n) is 2.68. The van der Waals surface area contributed by atoms with E-state index in [0.29, 0.717) is 0 Å². The molecule has 0 aliphatic heterocycles. The fourth-order valence-corrected chi connectivity index (χ4v) is 2.77. The Balaban J connectivity index is 0.000000282. The van der Waals surface area contributed by atoms with Crippen molar-refractivity contribution in [3.63, 3.8) is 0 Å². The van der Waals surface area contributed by atoms with Gasteiger partial charge in [-0.15, -0.1) is 0 Å². The van der Waals surface area contributed by atoms with Gasteiger partial charge in [-0.3, -0.25) is 0 Å². The van der Waals surface area contributed by atoms with Gasteiger partial charge >= 0.3 is 0 Å². The summed E-state index contributed by atoms with van der Waals surface area (Å²) < 4.78 is 36.4. The lowest BCUT2D eigenvalue weighted by molar-refractivity contribution is -1.92. The maximum Gasteiger partial charge on any atom is 0.226 e. The molecule has 0 bridgehead atoms. The smallest absolute Gasteiger partial charge is 0.184 e. The van der Waals surface area contributed by atoms with Gasteiger partial charge in [-0.25, -0.2) is 0 Å². The number of fused-ring (bicyclic) bond motifs is 1. The Morgan fingerprint density at radius 1 is 0.952 bits per heavy atom. The van der Waals surface area contributed by atoms with Gasteiger partial charge in [0.05, 0.1) is 14.9 Å². The van der Waals surface area contributed by atoms with Crippen LogP contribution in [-0.4, -0.2) is 4.66 Å². The zero-order valence-electron chi connectivity index (χ0n) is 10.9. The first-order valence-corrected chi connectivity index (χ1v) is 8.10. The van der Waals surface area contributed by atoms with Crippen LogP contribution in [0, 0.1) is 10.2 Å². The monoisotopic (exact) mass is 326 g/mol. The Morgan fingerprint density at radius 2 is 1.52 bits per heavy atom. The van der Waals surface area contributed by atoms with Gasteiger partial charge in [0.25, 0.3) is 0 Å². The van der Waals surface area contributed by atoms with Gasteiger partial charge in [0, 0.05) is 11.6 Å². The van der Waals surface area contributed by atoms with E-state index in [2.05, 4.69) is 64.7 Å². The van der Waals surface area contributed by atoms with Crippen molar-refractivity contribution in [2.24, 2.45) is 0 Å². The molecule has 3 aromatic rings. The standard InChI is InChI=1S/C14H12NS.ClHO4/c1-2-6-12(7-3-1)10-15-11-16-14-9-5-4-8-13(14)15;2-1(3,4)5/h1-9,11H,10H2;(H,2,3,4,5)/q+1;. The number of aromatic nitrogens is 1. The van der Waals surface area contributed by atoms with Crippen molar-refractivity contribution < 1.29 is 33.4 Å². The summed E-state index contributed by atoms with van der Waals surface area (Å²) in [6.45, 7) is 0.949. The summed E-state index contributed by atoms with van der Waals surface area (Å²) in [6.07, 6.45) is 0. The Hall–Kier alpha value is -1.54. The van der Waals surface area contributed by atoms with E-state index in [4.69, 9.17) is 18.6 Å². The Labute approximate surface area is 127 Å². The SMILES string of the molecule is [O-][Cl+3]([O-])([O-])O.c1ccc(C[n+]2csc3ccccc32)cc1. The quantitative estimate of drug-likeness (QED) is 0.618. The molecule has 110 valence electrons. The van der Waals surface area contributed by atoms with Crippen molar-refractivity contribution in [2.45, 2.75) is 6.54 Å². The van der Waals surface area contributed by atoms with Gasteiger partial charge in [-0.05, 0) is 6.07 Å². The summed E-state index contributed by atoms with van der Waals surface area (Å²) in [5, 5.41) is 0. The van der Waals surface area contributed by atoms with Crippen LogP contribution in [0.2, 0.25) is 0 Å². The Kier molecular flexibility index (Phi) is 5.24. The molecule has 3 rings (SSSR count). The van der Waals surface area contributed by atoms with Crippen molar-refractivity contribution >= 4 is 21.6 Å². The van der Waals surface area contributed by atoms with E-state index in [9.17, 15) is 0 Å². The van der Waals surface area contributed by atoms with Crippen LogP contribution < -0.4 is 18.5 Å². The minimum atomic E-state index is -4.69. The van der Waals surface area contributed by atoms with Crippen molar-refractivity contribution in [3.05, 3.63) is 65.7 Å². The van der Waals surface area contributed by atoms with Crippen LogP contribution in [0.15, 0.2) is 60.1 Å².